The van der Waals surface area contributed by atoms with Crippen molar-refractivity contribution in [2.24, 2.45) is 0 Å². The molecule has 0 spiro atoms. The summed E-state index contributed by atoms with van der Waals surface area (Å²) in [6, 6.07) is 21.9. The van der Waals surface area contributed by atoms with Crippen LogP contribution in [0.5, 0.6) is 5.75 Å². The van der Waals surface area contributed by atoms with E-state index in [4.69, 9.17) is 21.3 Å². The number of para-hydroxylation sites is 2. The Balaban J connectivity index is 1.39. The monoisotopic (exact) mass is 459 g/mol. The number of anilines is 1. The fourth-order valence-corrected chi connectivity index (χ4v) is 4.57. The van der Waals surface area contributed by atoms with Gasteiger partial charge in [0.2, 0.25) is 5.91 Å². The first-order chi connectivity index (χ1) is 16.0. The number of aryl methyl sites for hydroxylation is 2. The first-order valence-electron chi connectivity index (χ1n) is 11.2. The molecule has 5 rings (SSSR count). The lowest BCUT2D eigenvalue weighted by Crippen LogP contribution is -2.24. The number of carbonyl (C=O) groups excluding carboxylic acids is 1. The molecule has 6 heteroatoms. The van der Waals surface area contributed by atoms with Crippen LogP contribution >= 0.6 is 11.6 Å². The zero-order valence-corrected chi connectivity index (χ0v) is 19.5. The van der Waals surface area contributed by atoms with Crippen LogP contribution in [0.1, 0.15) is 29.3 Å². The van der Waals surface area contributed by atoms with E-state index < -0.39 is 0 Å². The van der Waals surface area contributed by atoms with Gasteiger partial charge in [0.05, 0.1) is 17.6 Å². The molecule has 0 bridgehead atoms. The van der Waals surface area contributed by atoms with Gasteiger partial charge in [0, 0.05) is 29.6 Å². The average molecular weight is 460 g/mol. The zero-order valence-electron chi connectivity index (χ0n) is 18.8. The molecule has 1 unspecified atom stereocenters. The largest absolute Gasteiger partial charge is 0.492 e. The lowest BCUT2D eigenvalue weighted by atomic mass is 10.1. The molecule has 1 amide bonds. The quantitative estimate of drug-likeness (QED) is 0.360. The van der Waals surface area contributed by atoms with Crippen LogP contribution in [0.4, 0.5) is 5.69 Å². The molecule has 33 heavy (non-hydrogen) atoms. The van der Waals surface area contributed by atoms with Crippen molar-refractivity contribution in [2.75, 3.05) is 18.1 Å². The summed E-state index contributed by atoms with van der Waals surface area (Å²) in [5, 5.41) is 0.731. The molecule has 1 aromatic heterocycles. The molecule has 0 saturated carbocycles. The Kier molecular flexibility index (Phi) is 5.81. The Bertz CT molecular complexity index is 1310. The van der Waals surface area contributed by atoms with Crippen molar-refractivity contribution in [1.29, 1.82) is 0 Å². The van der Waals surface area contributed by atoms with E-state index in [0.717, 1.165) is 38.9 Å². The molecule has 2 heterocycles. The van der Waals surface area contributed by atoms with E-state index in [0.29, 0.717) is 26.1 Å². The number of halogens is 1. The van der Waals surface area contributed by atoms with Crippen molar-refractivity contribution in [3.05, 3.63) is 88.7 Å². The van der Waals surface area contributed by atoms with Crippen LogP contribution in [0.2, 0.25) is 5.02 Å². The number of imidazole rings is 1. The third-order valence-electron chi connectivity index (χ3n) is 6.23. The minimum Gasteiger partial charge on any atom is -0.492 e. The van der Waals surface area contributed by atoms with E-state index in [9.17, 15) is 4.79 Å². The SMILES string of the molecule is Cc1ccc(N2CC(c3nc4ccccc4n3CCOc3ccc(Cl)c(C)c3)CC2=O)cc1. The summed E-state index contributed by atoms with van der Waals surface area (Å²) in [4.78, 5) is 19.7. The van der Waals surface area contributed by atoms with E-state index in [-0.39, 0.29) is 11.8 Å². The van der Waals surface area contributed by atoms with Gasteiger partial charge in [-0.25, -0.2) is 4.98 Å². The fourth-order valence-electron chi connectivity index (χ4n) is 4.46. The Morgan fingerprint density at radius 3 is 2.64 bits per heavy atom. The Morgan fingerprint density at radius 1 is 1.06 bits per heavy atom. The van der Waals surface area contributed by atoms with Crippen LogP contribution in [-0.4, -0.2) is 28.6 Å². The van der Waals surface area contributed by atoms with Crippen molar-refractivity contribution < 1.29 is 9.53 Å². The normalized spacial score (nSPS) is 16.0. The molecule has 1 aliphatic rings. The first kappa shape index (κ1) is 21.5. The van der Waals surface area contributed by atoms with Crippen molar-refractivity contribution >= 4 is 34.2 Å². The van der Waals surface area contributed by atoms with Crippen LogP contribution in [0.15, 0.2) is 66.7 Å². The predicted octanol–water partition coefficient (Wildman–Crippen LogP) is 5.91. The Hall–Kier alpha value is -3.31. The lowest BCUT2D eigenvalue weighted by molar-refractivity contribution is -0.117. The van der Waals surface area contributed by atoms with Gasteiger partial charge in [0.1, 0.15) is 18.2 Å². The molecule has 4 aromatic rings. The average Bonchev–Trinajstić information content (AvgIpc) is 3.37. The summed E-state index contributed by atoms with van der Waals surface area (Å²) in [7, 11) is 0. The molecule has 0 N–H and O–H groups in total. The second-order valence-corrected chi connectivity index (χ2v) is 9.02. The second-order valence-electron chi connectivity index (χ2n) is 8.61. The maximum absolute atomic E-state index is 12.9. The molecular formula is C27H26ClN3O2. The van der Waals surface area contributed by atoms with E-state index in [1.54, 1.807) is 0 Å². The third kappa shape index (κ3) is 4.33. The van der Waals surface area contributed by atoms with Gasteiger partial charge in [0.15, 0.2) is 0 Å². The summed E-state index contributed by atoms with van der Waals surface area (Å²) in [6.07, 6.45) is 0.453. The maximum Gasteiger partial charge on any atom is 0.227 e. The molecule has 1 atom stereocenters. The fraction of sp³-hybridized carbons (Fsp3) is 0.259. The van der Waals surface area contributed by atoms with Crippen molar-refractivity contribution in [2.45, 2.75) is 32.7 Å². The van der Waals surface area contributed by atoms with E-state index >= 15 is 0 Å². The highest BCUT2D eigenvalue weighted by atomic mass is 35.5. The molecule has 3 aromatic carbocycles. The van der Waals surface area contributed by atoms with Crippen molar-refractivity contribution in [3.8, 4) is 5.75 Å². The minimum atomic E-state index is 0.0315. The Morgan fingerprint density at radius 2 is 1.85 bits per heavy atom. The van der Waals surface area contributed by atoms with Crippen molar-refractivity contribution in [3.63, 3.8) is 0 Å². The summed E-state index contributed by atoms with van der Waals surface area (Å²) in [5.41, 5.74) is 5.11. The number of fused-ring (bicyclic) bond motifs is 1. The minimum absolute atomic E-state index is 0.0315. The van der Waals surface area contributed by atoms with E-state index in [1.165, 1.54) is 5.56 Å². The number of carbonyl (C=O) groups is 1. The lowest BCUT2D eigenvalue weighted by Gasteiger charge is -2.18. The topological polar surface area (TPSA) is 47.4 Å². The van der Waals surface area contributed by atoms with Crippen LogP contribution < -0.4 is 9.64 Å². The number of benzene rings is 3. The number of hydrogen-bond donors (Lipinski definition) is 0. The molecule has 1 fully saturated rings. The van der Waals surface area contributed by atoms with Gasteiger partial charge in [-0.3, -0.25) is 4.79 Å². The van der Waals surface area contributed by atoms with Gasteiger partial charge >= 0.3 is 0 Å². The molecular weight excluding hydrogens is 434 g/mol. The number of rotatable bonds is 6. The van der Waals surface area contributed by atoms with E-state index in [1.807, 2.05) is 79.4 Å². The molecule has 1 aliphatic heterocycles. The van der Waals surface area contributed by atoms with Gasteiger partial charge in [-0.2, -0.15) is 0 Å². The van der Waals surface area contributed by atoms with Crippen LogP contribution in [0.3, 0.4) is 0 Å². The molecule has 0 radical (unpaired) electrons. The van der Waals surface area contributed by atoms with E-state index in [2.05, 4.69) is 10.6 Å². The summed E-state index contributed by atoms with van der Waals surface area (Å²) in [5.74, 6) is 1.90. The van der Waals surface area contributed by atoms with Gasteiger partial charge < -0.3 is 14.2 Å². The standard InChI is InChI=1S/C27H26ClN3O2/c1-18-7-9-21(10-8-18)31-17-20(16-26(31)32)27-29-24-5-3-4-6-25(24)30(27)13-14-33-22-11-12-23(28)19(2)15-22/h3-12,15,20H,13-14,16-17H2,1-2H3. The van der Waals surface area contributed by atoms with Crippen LogP contribution in [-0.2, 0) is 11.3 Å². The Labute approximate surface area is 198 Å². The van der Waals surface area contributed by atoms with Crippen LogP contribution in [0.25, 0.3) is 11.0 Å². The number of ether oxygens (including phenoxy) is 1. The van der Waals surface area contributed by atoms with Crippen LogP contribution in [0, 0.1) is 13.8 Å². The number of aromatic nitrogens is 2. The van der Waals surface area contributed by atoms with Gasteiger partial charge in [-0.1, -0.05) is 41.4 Å². The zero-order chi connectivity index (χ0) is 22.9. The highest BCUT2D eigenvalue weighted by Gasteiger charge is 2.34. The number of nitrogens with zero attached hydrogens (tertiary/aromatic N) is 3. The van der Waals surface area contributed by atoms with Gasteiger partial charge in [-0.05, 0) is 61.9 Å². The summed E-state index contributed by atoms with van der Waals surface area (Å²) < 4.78 is 8.22. The summed E-state index contributed by atoms with van der Waals surface area (Å²) >= 11 is 6.13. The molecule has 1 saturated heterocycles. The van der Waals surface area contributed by atoms with Crippen molar-refractivity contribution in [1.82, 2.24) is 9.55 Å². The highest BCUT2D eigenvalue weighted by Crippen LogP contribution is 2.33. The maximum atomic E-state index is 12.9. The predicted molar refractivity (Wildman–Crippen MR) is 132 cm³/mol. The molecule has 0 aliphatic carbocycles. The second kappa shape index (κ2) is 8.91. The smallest absolute Gasteiger partial charge is 0.227 e. The number of amides is 1. The molecule has 168 valence electrons. The highest BCUT2D eigenvalue weighted by molar-refractivity contribution is 6.31. The molecule has 5 nitrogen and oxygen atoms in total. The van der Waals surface area contributed by atoms with Gasteiger partial charge in [0.25, 0.3) is 0 Å². The summed E-state index contributed by atoms with van der Waals surface area (Å²) in [6.45, 7) is 5.79. The third-order valence-corrected chi connectivity index (χ3v) is 6.66. The van der Waals surface area contributed by atoms with Gasteiger partial charge in [-0.15, -0.1) is 0 Å². The first-order valence-corrected chi connectivity index (χ1v) is 11.6. The number of hydrogen-bond acceptors (Lipinski definition) is 3.